The number of halogens is 1. The topological polar surface area (TPSA) is 87.5 Å². The lowest BCUT2D eigenvalue weighted by Crippen LogP contribution is -2.29. The van der Waals surface area contributed by atoms with Crippen molar-refractivity contribution in [2.24, 2.45) is 5.16 Å². The number of aromatic nitrogens is 1. The Bertz CT molecular complexity index is 874. The van der Waals surface area contributed by atoms with E-state index in [4.69, 9.17) is 14.7 Å². The third-order valence-electron chi connectivity index (χ3n) is 4.38. The summed E-state index contributed by atoms with van der Waals surface area (Å²) in [6.07, 6.45) is 1.94. The van der Waals surface area contributed by atoms with Crippen molar-refractivity contribution in [3.8, 4) is 11.1 Å². The number of aliphatic hydroxyl groups excluding tert-OH is 1. The molecule has 4 rings (SSSR count). The first kappa shape index (κ1) is 17.2. The number of aliphatic hydroxyl groups is 1. The van der Waals surface area contributed by atoms with Gasteiger partial charge in [0.2, 0.25) is 0 Å². The molecule has 0 spiro atoms. The molecule has 1 fully saturated rings. The van der Waals surface area contributed by atoms with Crippen LogP contribution in [0.4, 0.5) is 20.7 Å². The number of hydrogen-bond acceptors (Lipinski definition) is 7. The SMILES string of the molecule is O=C1OC(CO)CN1c1ccc(-c2ccc(N3C=NOCC3)nc2)c(F)c1. The second kappa shape index (κ2) is 7.20. The number of pyridine rings is 1. The van der Waals surface area contributed by atoms with Crippen molar-refractivity contribution in [2.75, 3.05) is 36.1 Å². The number of rotatable bonds is 4. The maximum absolute atomic E-state index is 14.6. The van der Waals surface area contributed by atoms with Crippen LogP contribution < -0.4 is 9.80 Å². The van der Waals surface area contributed by atoms with Gasteiger partial charge in [-0.15, -0.1) is 0 Å². The van der Waals surface area contributed by atoms with Crippen molar-refractivity contribution in [3.05, 3.63) is 42.3 Å². The largest absolute Gasteiger partial charge is 0.441 e. The number of oxime groups is 1. The van der Waals surface area contributed by atoms with Crippen LogP contribution in [0.5, 0.6) is 0 Å². The molecule has 1 aromatic heterocycles. The van der Waals surface area contributed by atoms with Gasteiger partial charge in [-0.25, -0.2) is 14.2 Å². The molecular weight excluding hydrogens is 355 g/mol. The summed E-state index contributed by atoms with van der Waals surface area (Å²) in [4.78, 5) is 24.2. The highest BCUT2D eigenvalue weighted by Crippen LogP contribution is 2.29. The van der Waals surface area contributed by atoms with Gasteiger partial charge in [0.1, 0.15) is 30.7 Å². The van der Waals surface area contributed by atoms with E-state index in [1.807, 2.05) is 4.90 Å². The molecular formula is C18H17FN4O4. The Morgan fingerprint density at radius 3 is 2.81 bits per heavy atom. The molecule has 1 N–H and O–H groups in total. The number of hydrogen-bond donors (Lipinski definition) is 1. The van der Waals surface area contributed by atoms with Gasteiger partial charge in [0, 0.05) is 17.3 Å². The van der Waals surface area contributed by atoms with Crippen molar-refractivity contribution in [1.29, 1.82) is 0 Å². The van der Waals surface area contributed by atoms with Crippen LogP contribution in [0, 0.1) is 5.82 Å². The zero-order valence-electron chi connectivity index (χ0n) is 14.3. The predicted octanol–water partition coefficient (Wildman–Crippen LogP) is 1.99. The molecule has 0 radical (unpaired) electrons. The molecule has 8 nitrogen and oxygen atoms in total. The summed E-state index contributed by atoms with van der Waals surface area (Å²) < 4.78 is 19.6. The second-order valence-electron chi connectivity index (χ2n) is 6.12. The minimum atomic E-state index is -0.598. The number of amides is 1. The minimum absolute atomic E-state index is 0.186. The number of ether oxygens (including phenoxy) is 1. The highest BCUT2D eigenvalue weighted by atomic mass is 19.1. The highest BCUT2D eigenvalue weighted by Gasteiger charge is 2.32. The number of carbonyl (C=O) groups is 1. The number of nitrogens with zero attached hydrogens (tertiary/aromatic N) is 4. The molecule has 2 aliphatic heterocycles. The van der Waals surface area contributed by atoms with E-state index in [2.05, 4.69) is 10.1 Å². The smallest absolute Gasteiger partial charge is 0.414 e. The van der Waals surface area contributed by atoms with Crippen molar-refractivity contribution in [2.45, 2.75) is 6.10 Å². The Morgan fingerprint density at radius 1 is 1.30 bits per heavy atom. The van der Waals surface area contributed by atoms with Crippen molar-refractivity contribution < 1.29 is 23.9 Å². The molecule has 1 unspecified atom stereocenters. The van der Waals surface area contributed by atoms with E-state index in [-0.39, 0.29) is 13.2 Å². The molecule has 0 aliphatic carbocycles. The second-order valence-corrected chi connectivity index (χ2v) is 6.12. The zero-order chi connectivity index (χ0) is 18.8. The van der Waals surface area contributed by atoms with E-state index in [1.165, 1.54) is 11.0 Å². The quantitative estimate of drug-likeness (QED) is 0.883. The molecule has 3 heterocycles. The first-order chi connectivity index (χ1) is 13.2. The van der Waals surface area contributed by atoms with Gasteiger partial charge in [-0.1, -0.05) is 5.16 Å². The highest BCUT2D eigenvalue weighted by molar-refractivity contribution is 5.90. The molecule has 27 heavy (non-hydrogen) atoms. The summed E-state index contributed by atoms with van der Waals surface area (Å²) in [5, 5.41) is 12.8. The molecule has 1 saturated heterocycles. The summed E-state index contributed by atoms with van der Waals surface area (Å²) in [5.74, 6) is 0.216. The first-order valence-corrected chi connectivity index (χ1v) is 8.43. The van der Waals surface area contributed by atoms with Crippen LogP contribution in [-0.4, -0.2) is 54.9 Å². The van der Waals surface area contributed by atoms with E-state index in [0.717, 1.165) is 0 Å². The first-order valence-electron chi connectivity index (χ1n) is 8.43. The number of benzene rings is 1. The Kier molecular flexibility index (Phi) is 4.59. The van der Waals surface area contributed by atoms with Gasteiger partial charge in [-0.05, 0) is 30.3 Å². The third-order valence-corrected chi connectivity index (χ3v) is 4.38. The van der Waals surface area contributed by atoms with Crippen LogP contribution in [-0.2, 0) is 9.57 Å². The maximum atomic E-state index is 14.6. The van der Waals surface area contributed by atoms with Crippen LogP contribution in [0.25, 0.3) is 11.1 Å². The molecule has 2 aromatic rings. The summed E-state index contributed by atoms with van der Waals surface area (Å²) in [5.41, 5.74) is 1.37. The fourth-order valence-corrected chi connectivity index (χ4v) is 2.96. The van der Waals surface area contributed by atoms with Crippen LogP contribution in [0.1, 0.15) is 0 Å². The van der Waals surface area contributed by atoms with E-state index in [1.54, 1.807) is 36.8 Å². The van der Waals surface area contributed by atoms with Gasteiger partial charge in [-0.2, -0.15) is 0 Å². The Labute approximate surface area is 154 Å². The van der Waals surface area contributed by atoms with Crippen LogP contribution >= 0.6 is 0 Å². The number of anilines is 2. The summed E-state index contributed by atoms with van der Waals surface area (Å²) in [6.45, 7) is 1.03. The lowest BCUT2D eigenvalue weighted by atomic mass is 10.1. The summed E-state index contributed by atoms with van der Waals surface area (Å²) in [6, 6.07) is 8.07. The predicted molar refractivity (Wildman–Crippen MR) is 96.1 cm³/mol. The monoisotopic (exact) mass is 372 g/mol. The van der Waals surface area contributed by atoms with Crippen LogP contribution in [0.3, 0.4) is 0 Å². The van der Waals surface area contributed by atoms with Gasteiger partial charge in [-0.3, -0.25) is 4.90 Å². The van der Waals surface area contributed by atoms with Crippen molar-refractivity contribution in [1.82, 2.24) is 4.98 Å². The minimum Gasteiger partial charge on any atom is -0.441 e. The Balaban J connectivity index is 1.55. The van der Waals surface area contributed by atoms with Crippen molar-refractivity contribution in [3.63, 3.8) is 0 Å². The number of carbonyl (C=O) groups excluding carboxylic acids is 1. The fourth-order valence-electron chi connectivity index (χ4n) is 2.96. The zero-order valence-corrected chi connectivity index (χ0v) is 14.3. The van der Waals surface area contributed by atoms with Gasteiger partial charge in [0.05, 0.1) is 25.4 Å². The molecule has 9 heteroatoms. The average Bonchev–Trinajstić information content (AvgIpc) is 3.10. The Morgan fingerprint density at radius 2 is 2.19 bits per heavy atom. The third kappa shape index (κ3) is 3.41. The van der Waals surface area contributed by atoms with Crippen LogP contribution in [0.2, 0.25) is 0 Å². The molecule has 1 amide bonds. The van der Waals surface area contributed by atoms with Gasteiger partial charge >= 0.3 is 6.09 Å². The van der Waals surface area contributed by atoms with Gasteiger partial charge in [0.25, 0.3) is 0 Å². The Hall–Kier alpha value is -3.20. The lowest BCUT2D eigenvalue weighted by molar-refractivity contribution is 0.0963. The van der Waals surface area contributed by atoms with Crippen molar-refractivity contribution >= 4 is 23.9 Å². The van der Waals surface area contributed by atoms with E-state index in [9.17, 15) is 9.18 Å². The van der Waals surface area contributed by atoms with Crippen LogP contribution in [0.15, 0.2) is 41.7 Å². The molecule has 1 aromatic carbocycles. The maximum Gasteiger partial charge on any atom is 0.414 e. The molecule has 0 bridgehead atoms. The lowest BCUT2D eigenvalue weighted by Gasteiger charge is -2.20. The molecule has 0 saturated carbocycles. The average molecular weight is 372 g/mol. The summed E-state index contributed by atoms with van der Waals surface area (Å²) >= 11 is 0. The van der Waals surface area contributed by atoms with Gasteiger partial charge in [0.15, 0.2) is 0 Å². The molecule has 2 aliphatic rings. The van der Waals surface area contributed by atoms with E-state index in [0.29, 0.717) is 35.8 Å². The normalized spacial score (nSPS) is 19.2. The molecule has 1 atom stereocenters. The fraction of sp³-hybridized carbons (Fsp3) is 0.278. The standard InChI is InChI=1S/C18H17FN4O4/c19-16-7-13(23-9-14(10-24)27-18(23)25)2-3-15(16)12-1-4-17(20-8-12)22-5-6-26-21-11-22/h1-4,7-8,11,14,24H,5-6,9-10H2. The molecule has 140 valence electrons. The number of cyclic esters (lactones) is 1. The van der Waals surface area contributed by atoms with E-state index < -0.39 is 18.0 Å². The van der Waals surface area contributed by atoms with E-state index >= 15 is 0 Å². The van der Waals surface area contributed by atoms with Gasteiger partial charge < -0.3 is 19.6 Å². The summed E-state index contributed by atoms with van der Waals surface area (Å²) in [7, 11) is 0.